The minimum Gasteiger partial charge on any atom is -0.340 e. The summed E-state index contributed by atoms with van der Waals surface area (Å²) in [5.74, 6) is 2.83. The number of rotatable bonds is 7. The van der Waals surface area contributed by atoms with Crippen LogP contribution in [-0.4, -0.2) is 68.3 Å². The number of fused-ring (bicyclic) bond motifs is 1. The Labute approximate surface area is 185 Å². The highest BCUT2D eigenvalue weighted by Gasteiger charge is 2.35. The Kier molecular flexibility index (Phi) is 6.65. The lowest BCUT2D eigenvalue weighted by atomic mass is 10.2. The Bertz CT molecular complexity index is 909. The van der Waals surface area contributed by atoms with Crippen molar-refractivity contribution in [2.75, 3.05) is 31.9 Å². The van der Waals surface area contributed by atoms with Gasteiger partial charge >= 0.3 is 6.03 Å². The molecule has 9 heteroatoms. The minimum atomic E-state index is -0.0440. The maximum Gasteiger partial charge on any atom is 0.344 e. The fraction of sp³-hybridized carbons (Fsp3) is 0.476. The Hall–Kier alpha value is -2.03. The fourth-order valence-corrected chi connectivity index (χ4v) is 4.91. The number of nitrogens with zero attached hydrogens (tertiary/aromatic N) is 5. The van der Waals surface area contributed by atoms with E-state index in [1.54, 1.807) is 15.8 Å². The van der Waals surface area contributed by atoms with E-state index in [0.29, 0.717) is 39.1 Å². The standard InChI is InChI=1S/C21H26ClN5O2S/c1-16-23-13-19-14-26(21(29)27(16)19)25-10-8-24(9-11-25)20(28)3-2-12-30-15-17-4-6-18(22)7-5-17/h4-7,13H,2-3,8-12,14-15H2,1H3. The number of halogens is 1. The van der Waals surface area contributed by atoms with Gasteiger partial charge in [0, 0.05) is 43.4 Å². The number of piperazine rings is 1. The highest BCUT2D eigenvalue weighted by Crippen LogP contribution is 2.22. The molecule has 0 unspecified atom stereocenters. The first kappa shape index (κ1) is 21.2. The van der Waals surface area contributed by atoms with Gasteiger partial charge in [0.15, 0.2) is 0 Å². The van der Waals surface area contributed by atoms with Crippen molar-refractivity contribution >= 4 is 35.3 Å². The predicted molar refractivity (Wildman–Crippen MR) is 118 cm³/mol. The molecule has 1 saturated heterocycles. The van der Waals surface area contributed by atoms with Crippen molar-refractivity contribution in [3.05, 3.63) is 52.6 Å². The van der Waals surface area contributed by atoms with E-state index in [9.17, 15) is 9.59 Å². The molecule has 2 aromatic rings. The van der Waals surface area contributed by atoms with E-state index in [1.165, 1.54) is 5.56 Å². The van der Waals surface area contributed by atoms with Gasteiger partial charge in [0.1, 0.15) is 5.82 Å². The average molecular weight is 448 g/mol. The van der Waals surface area contributed by atoms with Gasteiger partial charge in [-0.05, 0) is 36.8 Å². The van der Waals surface area contributed by atoms with E-state index < -0.39 is 0 Å². The van der Waals surface area contributed by atoms with Gasteiger partial charge < -0.3 is 4.90 Å². The number of carbonyl (C=O) groups is 2. The number of hydrazine groups is 1. The molecule has 7 nitrogen and oxygen atoms in total. The summed E-state index contributed by atoms with van der Waals surface area (Å²) in [4.78, 5) is 31.3. The SMILES string of the molecule is Cc1ncc2n1C(=O)N(N1CCN(C(=O)CCCSCc3ccc(Cl)cc3)CC1)C2. The number of aryl methyl sites for hydroxylation is 1. The van der Waals surface area contributed by atoms with Crippen LogP contribution in [0, 0.1) is 6.92 Å². The van der Waals surface area contributed by atoms with Crippen LogP contribution in [0.4, 0.5) is 4.79 Å². The first-order valence-electron chi connectivity index (χ1n) is 10.2. The second-order valence-electron chi connectivity index (χ2n) is 7.59. The quantitative estimate of drug-likeness (QED) is 0.609. The number of thioether (sulfide) groups is 1. The first-order chi connectivity index (χ1) is 14.5. The number of carbonyl (C=O) groups excluding carboxylic acids is 2. The number of aromatic nitrogens is 2. The van der Waals surface area contributed by atoms with Gasteiger partial charge in [0.25, 0.3) is 0 Å². The molecule has 2 aliphatic rings. The molecular weight excluding hydrogens is 422 g/mol. The third-order valence-electron chi connectivity index (χ3n) is 5.55. The molecule has 1 fully saturated rings. The van der Waals surface area contributed by atoms with Crippen LogP contribution < -0.4 is 0 Å². The molecule has 0 spiro atoms. The first-order valence-corrected chi connectivity index (χ1v) is 11.8. The number of benzene rings is 1. The van der Waals surface area contributed by atoms with Crippen molar-refractivity contribution < 1.29 is 9.59 Å². The van der Waals surface area contributed by atoms with E-state index in [4.69, 9.17) is 11.6 Å². The summed E-state index contributed by atoms with van der Waals surface area (Å²) >= 11 is 7.75. The highest BCUT2D eigenvalue weighted by molar-refractivity contribution is 7.98. The molecule has 0 aliphatic carbocycles. The van der Waals surface area contributed by atoms with E-state index in [0.717, 1.165) is 34.5 Å². The van der Waals surface area contributed by atoms with Gasteiger partial charge in [-0.1, -0.05) is 23.7 Å². The second-order valence-corrected chi connectivity index (χ2v) is 9.13. The smallest absolute Gasteiger partial charge is 0.340 e. The van der Waals surface area contributed by atoms with Gasteiger partial charge in [-0.2, -0.15) is 11.8 Å². The Balaban J connectivity index is 1.15. The van der Waals surface area contributed by atoms with Crippen LogP contribution in [-0.2, 0) is 17.1 Å². The summed E-state index contributed by atoms with van der Waals surface area (Å²) in [7, 11) is 0. The summed E-state index contributed by atoms with van der Waals surface area (Å²) in [6, 6.07) is 7.86. The zero-order valence-corrected chi connectivity index (χ0v) is 18.7. The van der Waals surface area contributed by atoms with Crippen molar-refractivity contribution in [2.24, 2.45) is 0 Å². The second kappa shape index (κ2) is 9.41. The maximum absolute atomic E-state index is 12.6. The predicted octanol–water partition coefficient (Wildman–Crippen LogP) is 3.40. The van der Waals surface area contributed by atoms with E-state index >= 15 is 0 Å². The van der Waals surface area contributed by atoms with Crippen molar-refractivity contribution in [2.45, 2.75) is 32.1 Å². The average Bonchev–Trinajstić information content (AvgIpc) is 3.29. The normalized spacial score (nSPS) is 16.9. The fourth-order valence-electron chi connectivity index (χ4n) is 3.86. The molecule has 2 amide bonds. The molecule has 160 valence electrons. The molecule has 0 bridgehead atoms. The number of amides is 2. The molecule has 0 atom stereocenters. The van der Waals surface area contributed by atoms with Gasteiger partial charge in [-0.3, -0.25) is 9.80 Å². The summed E-state index contributed by atoms with van der Waals surface area (Å²) in [5.41, 5.74) is 2.17. The largest absolute Gasteiger partial charge is 0.344 e. The van der Waals surface area contributed by atoms with Crippen LogP contribution in [0.15, 0.2) is 30.5 Å². The van der Waals surface area contributed by atoms with Gasteiger partial charge in [0.05, 0.1) is 18.4 Å². The Morgan fingerprint density at radius 1 is 1.17 bits per heavy atom. The lowest BCUT2D eigenvalue weighted by Gasteiger charge is -2.38. The van der Waals surface area contributed by atoms with Crippen LogP contribution in [0.25, 0.3) is 0 Å². The van der Waals surface area contributed by atoms with Crippen LogP contribution in [0.3, 0.4) is 0 Å². The molecule has 0 N–H and O–H groups in total. The third-order valence-corrected chi connectivity index (χ3v) is 6.91. The Morgan fingerprint density at radius 3 is 2.60 bits per heavy atom. The lowest BCUT2D eigenvalue weighted by molar-refractivity contribution is -0.135. The molecule has 3 heterocycles. The maximum atomic E-state index is 12.6. The summed E-state index contributed by atoms with van der Waals surface area (Å²) < 4.78 is 1.67. The number of hydrogen-bond acceptors (Lipinski definition) is 5. The van der Waals surface area contributed by atoms with Gasteiger partial charge in [0.2, 0.25) is 5.91 Å². The van der Waals surface area contributed by atoms with E-state index in [2.05, 4.69) is 9.99 Å². The van der Waals surface area contributed by atoms with Gasteiger partial charge in [-0.25, -0.2) is 19.4 Å². The van der Waals surface area contributed by atoms with Gasteiger partial charge in [-0.15, -0.1) is 0 Å². The molecule has 2 aliphatic heterocycles. The topological polar surface area (TPSA) is 61.7 Å². The van der Waals surface area contributed by atoms with Crippen LogP contribution in [0.5, 0.6) is 0 Å². The molecule has 0 saturated carbocycles. The zero-order chi connectivity index (χ0) is 21.1. The minimum absolute atomic E-state index is 0.0440. The molecule has 0 radical (unpaired) electrons. The molecular formula is C21H26ClN5O2S. The van der Waals surface area contributed by atoms with Crippen molar-refractivity contribution in [1.29, 1.82) is 0 Å². The molecule has 30 heavy (non-hydrogen) atoms. The Morgan fingerprint density at radius 2 is 1.90 bits per heavy atom. The summed E-state index contributed by atoms with van der Waals surface area (Å²) in [5, 5.41) is 4.59. The third kappa shape index (κ3) is 4.66. The summed E-state index contributed by atoms with van der Waals surface area (Å²) in [6.45, 7) is 5.08. The van der Waals surface area contributed by atoms with Crippen molar-refractivity contribution in [3.8, 4) is 0 Å². The van der Waals surface area contributed by atoms with E-state index in [-0.39, 0.29) is 11.9 Å². The summed E-state index contributed by atoms with van der Waals surface area (Å²) in [6.07, 6.45) is 3.22. The lowest BCUT2D eigenvalue weighted by Crippen LogP contribution is -2.55. The molecule has 1 aromatic heterocycles. The molecule has 1 aromatic carbocycles. The van der Waals surface area contributed by atoms with Crippen LogP contribution in [0.1, 0.15) is 29.9 Å². The van der Waals surface area contributed by atoms with Crippen LogP contribution in [0.2, 0.25) is 5.02 Å². The van der Waals surface area contributed by atoms with Crippen molar-refractivity contribution in [3.63, 3.8) is 0 Å². The molecule has 4 rings (SSSR count). The number of imidazole rings is 1. The van der Waals surface area contributed by atoms with E-state index in [1.807, 2.05) is 47.9 Å². The number of hydrogen-bond donors (Lipinski definition) is 0. The van der Waals surface area contributed by atoms with Crippen molar-refractivity contribution in [1.82, 2.24) is 24.5 Å². The zero-order valence-electron chi connectivity index (χ0n) is 17.1. The van der Waals surface area contributed by atoms with Crippen LogP contribution >= 0.6 is 23.4 Å². The highest BCUT2D eigenvalue weighted by atomic mass is 35.5. The monoisotopic (exact) mass is 447 g/mol.